The van der Waals surface area contributed by atoms with Crippen molar-refractivity contribution in [1.82, 2.24) is 20.0 Å². The van der Waals surface area contributed by atoms with Crippen LogP contribution in [0.4, 0.5) is 0 Å². The van der Waals surface area contributed by atoms with E-state index in [2.05, 4.69) is 27.0 Å². The third-order valence-electron chi connectivity index (χ3n) is 4.95. The lowest BCUT2D eigenvalue weighted by atomic mass is 10.1. The maximum atomic E-state index is 11.9. The van der Waals surface area contributed by atoms with Crippen LogP contribution in [-0.4, -0.2) is 94.1 Å². The molecule has 0 radical (unpaired) electrons. The lowest BCUT2D eigenvalue weighted by Crippen LogP contribution is -2.52. The summed E-state index contributed by atoms with van der Waals surface area (Å²) in [4.78, 5) is 22.7. The van der Waals surface area contributed by atoms with Crippen molar-refractivity contribution in [3.05, 3.63) is 23.8 Å². The van der Waals surface area contributed by atoms with E-state index >= 15 is 0 Å². The summed E-state index contributed by atoms with van der Waals surface area (Å²) >= 11 is 0. The van der Waals surface area contributed by atoms with E-state index in [1.165, 1.54) is 0 Å². The minimum atomic E-state index is 0. The third kappa shape index (κ3) is 7.82. The first-order valence-electron chi connectivity index (χ1n) is 10.1. The summed E-state index contributed by atoms with van der Waals surface area (Å²) in [5.41, 5.74) is 1.12. The average molecular weight is 533 g/mol. The van der Waals surface area contributed by atoms with E-state index in [4.69, 9.17) is 9.47 Å². The summed E-state index contributed by atoms with van der Waals surface area (Å²) in [6, 6.07) is 5.90. The van der Waals surface area contributed by atoms with E-state index in [-0.39, 0.29) is 36.4 Å². The molecule has 0 atom stereocenters. The highest BCUT2D eigenvalue weighted by Gasteiger charge is 2.21. The highest BCUT2D eigenvalue weighted by molar-refractivity contribution is 14.0. The molecule has 8 nitrogen and oxygen atoms in total. The Balaban J connectivity index is 0.00000450. The largest absolute Gasteiger partial charge is 0.497 e. The molecule has 0 saturated carbocycles. The summed E-state index contributed by atoms with van der Waals surface area (Å²) in [7, 11) is 6.88. The molecule has 0 unspecified atom stereocenters. The molecule has 1 heterocycles. The quantitative estimate of drug-likeness (QED) is 0.313. The second-order valence-electron chi connectivity index (χ2n) is 7.30. The van der Waals surface area contributed by atoms with Crippen LogP contribution in [-0.2, 0) is 11.3 Å². The van der Waals surface area contributed by atoms with Crippen molar-refractivity contribution in [1.29, 1.82) is 0 Å². The molecule has 0 spiro atoms. The van der Waals surface area contributed by atoms with Gasteiger partial charge in [-0.3, -0.25) is 9.69 Å². The highest BCUT2D eigenvalue weighted by atomic mass is 127. The molecule has 9 heteroatoms. The zero-order chi connectivity index (χ0) is 21.2. The first-order chi connectivity index (χ1) is 14.0. The smallest absolute Gasteiger partial charge is 0.243 e. The number of aliphatic imine (C=N–C) groups is 1. The first-order valence-corrected chi connectivity index (χ1v) is 10.1. The van der Waals surface area contributed by atoms with Crippen LogP contribution in [0.2, 0.25) is 0 Å². The normalized spacial score (nSPS) is 14.7. The molecular formula is C21H36IN5O3. The Bertz CT molecular complexity index is 691. The molecule has 2 rings (SSSR count). The zero-order valence-electron chi connectivity index (χ0n) is 18.8. The van der Waals surface area contributed by atoms with Gasteiger partial charge in [-0.2, -0.15) is 0 Å². The Morgan fingerprint density at radius 2 is 1.87 bits per heavy atom. The molecule has 0 bridgehead atoms. The number of amides is 1. The van der Waals surface area contributed by atoms with Gasteiger partial charge in [-0.05, 0) is 24.6 Å². The molecular weight excluding hydrogens is 497 g/mol. The molecule has 1 N–H and O–H groups in total. The van der Waals surface area contributed by atoms with E-state index in [9.17, 15) is 4.79 Å². The number of hydrogen-bond donors (Lipinski definition) is 1. The van der Waals surface area contributed by atoms with E-state index < -0.39 is 0 Å². The molecule has 0 aliphatic carbocycles. The fourth-order valence-electron chi connectivity index (χ4n) is 3.15. The van der Waals surface area contributed by atoms with Crippen molar-refractivity contribution in [3.63, 3.8) is 0 Å². The van der Waals surface area contributed by atoms with Gasteiger partial charge in [0.1, 0.15) is 18.0 Å². The van der Waals surface area contributed by atoms with E-state index in [1.807, 2.05) is 18.2 Å². The van der Waals surface area contributed by atoms with Gasteiger partial charge in [0.05, 0.1) is 14.2 Å². The Morgan fingerprint density at radius 3 is 2.43 bits per heavy atom. The number of benzene rings is 1. The number of piperazine rings is 1. The lowest BCUT2D eigenvalue weighted by Gasteiger charge is -2.36. The monoisotopic (exact) mass is 533 g/mol. The van der Waals surface area contributed by atoms with Crippen LogP contribution in [0.1, 0.15) is 18.9 Å². The number of carbonyl (C=O) groups excluding carboxylic acids is 1. The van der Waals surface area contributed by atoms with E-state index in [0.717, 1.165) is 68.7 Å². The number of rotatable bonds is 8. The fourth-order valence-corrected chi connectivity index (χ4v) is 3.15. The molecule has 30 heavy (non-hydrogen) atoms. The molecule has 170 valence electrons. The van der Waals surface area contributed by atoms with Gasteiger partial charge < -0.3 is 24.6 Å². The number of halogens is 1. The van der Waals surface area contributed by atoms with Crippen molar-refractivity contribution >= 4 is 35.8 Å². The Morgan fingerprint density at radius 1 is 1.17 bits per heavy atom. The van der Waals surface area contributed by atoms with Gasteiger partial charge in [-0.25, -0.2) is 4.99 Å². The van der Waals surface area contributed by atoms with Crippen molar-refractivity contribution in [3.8, 4) is 11.5 Å². The molecule has 1 aliphatic heterocycles. The molecule has 1 amide bonds. The van der Waals surface area contributed by atoms with Gasteiger partial charge in [-0.1, -0.05) is 6.92 Å². The van der Waals surface area contributed by atoms with Crippen LogP contribution in [0.15, 0.2) is 23.2 Å². The molecule has 1 aromatic carbocycles. The van der Waals surface area contributed by atoms with E-state index in [1.54, 1.807) is 33.2 Å². The number of carbonyl (C=O) groups is 1. The van der Waals surface area contributed by atoms with Crippen molar-refractivity contribution in [2.45, 2.75) is 19.9 Å². The second-order valence-corrected chi connectivity index (χ2v) is 7.30. The molecule has 1 saturated heterocycles. The molecule has 1 aromatic rings. The van der Waals surface area contributed by atoms with Crippen LogP contribution in [0.25, 0.3) is 0 Å². The minimum absolute atomic E-state index is 0. The van der Waals surface area contributed by atoms with Gasteiger partial charge in [0.15, 0.2) is 5.96 Å². The summed E-state index contributed by atoms with van der Waals surface area (Å²) in [5.74, 6) is 2.54. The number of nitrogens with zero attached hydrogens (tertiary/aromatic N) is 4. The topological polar surface area (TPSA) is 69.6 Å². The SMILES string of the molecule is CCCNC(=NCC(=O)N(C)C)N1CCN(Cc2cc(OC)ccc2OC)CC1.I. The molecule has 0 aromatic heterocycles. The fraction of sp³-hybridized carbons (Fsp3) is 0.619. The van der Waals surface area contributed by atoms with Crippen molar-refractivity contribution in [2.75, 3.05) is 67.6 Å². The van der Waals surface area contributed by atoms with Gasteiger partial charge in [-0.15, -0.1) is 24.0 Å². The number of nitrogens with one attached hydrogen (secondary N) is 1. The van der Waals surface area contributed by atoms with Crippen molar-refractivity contribution < 1.29 is 14.3 Å². The maximum absolute atomic E-state index is 11.9. The third-order valence-corrected chi connectivity index (χ3v) is 4.95. The number of hydrogen-bond acceptors (Lipinski definition) is 5. The van der Waals surface area contributed by atoms with Crippen LogP contribution in [0.3, 0.4) is 0 Å². The Kier molecular flexibility index (Phi) is 11.9. The van der Waals surface area contributed by atoms with Crippen LogP contribution < -0.4 is 14.8 Å². The zero-order valence-corrected chi connectivity index (χ0v) is 21.1. The number of likely N-dealkylation sites (N-methyl/N-ethyl adjacent to an activating group) is 1. The van der Waals surface area contributed by atoms with Crippen LogP contribution in [0.5, 0.6) is 11.5 Å². The second kappa shape index (κ2) is 13.5. The summed E-state index contributed by atoms with van der Waals surface area (Å²) in [5, 5.41) is 3.38. The predicted octanol–water partition coefficient (Wildman–Crippen LogP) is 1.88. The average Bonchev–Trinajstić information content (AvgIpc) is 2.74. The summed E-state index contributed by atoms with van der Waals surface area (Å²) < 4.78 is 10.9. The van der Waals surface area contributed by atoms with Gasteiger partial charge in [0.2, 0.25) is 5.91 Å². The lowest BCUT2D eigenvalue weighted by molar-refractivity contribution is -0.127. The Labute approximate surface area is 197 Å². The predicted molar refractivity (Wildman–Crippen MR) is 131 cm³/mol. The molecule has 1 aliphatic rings. The first kappa shape index (κ1) is 26.3. The minimum Gasteiger partial charge on any atom is -0.497 e. The maximum Gasteiger partial charge on any atom is 0.243 e. The molecule has 1 fully saturated rings. The van der Waals surface area contributed by atoms with Gasteiger partial charge >= 0.3 is 0 Å². The number of guanidine groups is 1. The van der Waals surface area contributed by atoms with Gasteiger partial charge in [0, 0.05) is 58.9 Å². The Hall–Kier alpha value is -1.75. The summed E-state index contributed by atoms with van der Waals surface area (Å²) in [6.45, 7) is 7.48. The van der Waals surface area contributed by atoms with E-state index in [0.29, 0.717) is 0 Å². The number of methoxy groups -OCH3 is 2. The van der Waals surface area contributed by atoms with Crippen LogP contribution >= 0.6 is 24.0 Å². The number of ether oxygens (including phenoxy) is 2. The highest BCUT2D eigenvalue weighted by Crippen LogP contribution is 2.25. The standard InChI is InChI=1S/C21H35N5O3.HI/c1-6-9-22-21(23-15-20(27)24(2)3)26-12-10-25(11-13-26)16-17-14-18(28-4)7-8-19(17)29-5;/h7-8,14H,6,9-13,15-16H2,1-5H3,(H,22,23);1H. The van der Waals surface area contributed by atoms with Crippen molar-refractivity contribution in [2.24, 2.45) is 4.99 Å². The summed E-state index contributed by atoms with van der Waals surface area (Å²) in [6.07, 6.45) is 1.01. The van der Waals surface area contributed by atoms with Gasteiger partial charge in [0.25, 0.3) is 0 Å². The van der Waals surface area contributed by atoms with Crippen LogP contribution in [0, 0.1) is 0 Å².